The van der Waals surface area contributed by atoms with E-state index in [9.17, 15) is 4.79 Å². The van der Waals surface area contributed by atoms with Gasteiger partial charge in [0.05, 0.1) is 12.1 Å². The van der Waals surface area contributed by atoms with Crippen LogP contribution in [0.2, 0.25) is 0 Å². The summed E-state index contributed by atoms with van der Waals surface area (Å²) >= 11 is 0. The number of unbranched alkanes of at least 4 members (excludes halogenated alkanes) is 1. The van der Waals surface area contributed by atoms with Crippen LogP contribution in [0.5, 0.6) is 0 Å². The number of nitrogens with zero attached hydrogens (tertiary/aromatic N) is 9. The number of aromatic amines is 2. The molecule has 0 atom stereocenters. The molecule has 0 saturated heterocycles. The van der Waals surface area contributed by atoms with E-state index in [4.69, 9.17) is 4.98 Å². The fourth-order valence-electron chi connectivity index (χ4n) is 6.42. The number of fused-ring (bicyclic) bond motifs is 1. The first kappa shape index (κ1) is 30.8. The summed E-state index contributed by atoms with van der Waals surface area (Å²) in [5.41, 5.74) is 9.39. The van der Waals surface area contributed by atoms with Crippen LogP contribution in [0.25, 0.3) is 56.1 Å². The van der Waals surface area contributed by atoms with E-state index in [1.165, 1.54) is 0 Å². The van der Waals surface area contributed by atoms with E-state index in [0.29, 0.717) is 30.3 Å². The van der Waals surface area contributed by atoms with Gasteiger partial charge in [0.1, 0.15) is 5.82 Å². The van der Waals surface area contributed by atoms with Crippen LogP contribution in [0, 0.1) is 0 Å². The van der Waals surface area contributed by atoms with Crippen molar-refractivity contribution in [1.82, 2.24) is 55.4 Å². The molecule has 0 spiro atoms. The van der Waals surface area contributed by atoms with Crippen molar-refractivity contribution in [1.29, 1.82) is 0 Å². The monoisotopic (exact) mass is 659 g/mol. The Morgan fingerprint density at radius 2 is 1.18 bits per heavy atom. The van der Waals surface area contributed by atoms with Crippen LogP contribution in [0.4, 0.5) is 0 Å². The van der Waals surface area contributed by atoms with Gasteiger partial charge in [-0.15, -0.1) is 10.2 Å². The second kappa shape index (κ2) is 13.5. The highest BCUT2D eigenvalue weighted by Gasteiger charge is 2.17. The lowest BCUT2D eigenvalue weighted by Gasteiger charge is -2.12. The van der Waals surface area contributed by atoms with Gasteiger partial charge in [-0.2, -0.15) is 0 Å². The normalized spacial score (nSPS) is 11.4. The van der Waals surface area contributed by atoms with Crippen LogP contribution in [0.15, 0.2) is 114 Å². The van der Waals surface area contributed by atoms with Crippen molar-refractivity contribution in [3.8, 4) is 45.0 Å². The molecule has 8 rings (SSSR count). The van der Waals surface area contributed by atoms with Crippen molar-refractivity contribution in [2.45, 2.75) is 39.3 Å². The van der Waals surface area contributed by atoms with E-state index in [1.54, 1.807) is 4.57 Å². The first-order valence-corrected chi connectivity index (χ1v) is 16.6. The topological polar surface area (TPSA) is 149 Å². The van der Waals surface area contributed by atoms with Crippen LogP contribution in [-0.2, 0) is 19.5 Å². The molecule has 4 aromatic heterocycles. The average Bonchev–Trinajstić information content (AvgIpc) is 3.96. The van der Waals surface area contributed by atoms with Crippen molar-refractivity contribution in [2.24, 2.45) is 0 Å². The number of tetrazole rings is 2. The predicted octanol–water partition coefficient (Wildman–Crippen LogP) is 6.33. The van der Waals surface area contributed by atoms with Gasteiger partial charge >= 0.3 is 0 Å². The fourth-order valence-corrected chi connectivity index (χ4v) is 6.42. The van der Waals surface area contributed by atoms with E-state index < -0.39 is 0 Å². The number of hydrogen-bond donors (Lipinski definition) is 2. The number of pyridine rings is 1. The molecule has 4 heterocycles. The predicted molar refractivity (Wildman–Crippen MR) is 191 cm³/mol. The van der Waals surface area contributed by atoms with Gasteiger partial charge in [0.25, 0.3) is 5.56 Å². The quantitative estimate of drug-likeness (QED) is 0.164. The molecule has 4 aromatic carbocycles. The first-order chi connectivity index (χ1) is 24.7. The van der Waals surface area contributed by atoms with E-state index in [0.717, 1.165) is 75.1 Å². The summed E-state index contributed by atoms with van der Waals surface area (Å²) in [5, 5.41) is 28.8. The molecule has 0 fully saturated rings. The molecule has 12 heteroatoms. The SMILES string of the molecule is CCCCc1nc2c(=O)n(Cc3ccc(-c4ccccc4-c4nnn[nH]4)cc3)ccc2n1Cc1ccc(-c2ccccc2-c2nnn[nH]2)cc1. The van der Waals surface area contributed by atoms with Crippen LogP contribution >= 0.6 is 0 Å². The number of aromatic nitrogens is 11. The molecule has 0 aliphatic heterocycles. The zero-order valence-corrected chi connectivity index (χ0v) is 27.4. The Morgan fingerprint density at radius 1 is 0.640 bits per heavy atom. The zero-order valence-electron chi connectivity index (χ0n) is 27.4. The lowest BCUT2D eigenvalue weighted by Crippen LogP contribution is -2.20. The maximum absolute atomic E-state index is 13.9. The molecule has 0 amide bonds. The summed E-state index contributed by atoms with van der Waals surface area (Å²) in [4.78, 5) is 18.8. The van der Waals surface area contributed by atoms with Gasteiger partial charge in [0, 0.05) is 30.3 Å². The molecular formula is C38H33N11O. The molecule has 0 radical (unpaired) electrons. The second-order valence-electron chi connectivity index (χ2n) is 12.2. The van der Waals surface area contributed by atoms with Gasteiger partial charge in [0.2, 0.25) is 0 Å². The van der Waals surface area contributed by atoms with E-state index in [1.807, 2.05) is 54.7 Å². The third kappa shape index (κ3) is 5.98. The maximum Gasteiger partial charge on any atom is 0.278 e. The van der Waals surface area contributed by atoms with Gasteiger partial charge in [0.15, 0.2) is 17.2 Å². The average molecular weight is 660 g/mol. The van der Waals surface area contributed by atoms with Gasteiger partial charge < -0.3 is 9.13 Å². The minimum absolute atomic E-state index is 0.0971. The van der Waals surface area contributed by atoms with E-state index >= 15 is 0 Å². The van der Waals surface area contributed by atoms with Crippen molar-refractivity contribution in [3.63, 3.8) is 0 Å². The Labute approximate surface area is 286 Å². The number of benzene rings is 4. The van der Waals surface area contributed by atoms with Crippen LogP contribution in [0.1, 0.15) is 36.7 Å². The standard InChI is InChI=1S/C38H33N11O/c1-2-3-12-34-39-35-33(49(34)24-26-15-19-28(20-16-26)30-9-5-7-11-32(30)37-42-46-47-43-37)21-22-48(38(35)50)23-25-13-17-27(18-14-25)29-8-4-6-10-31(29)36-40-44-45-41-36/h4-11,13-22H,2-3,12,23-24H2,1H3,(H,40,41,44,45)(H,42,43,46,47). The highest BCUT2D eigenvalue weighted by atomic mass is 16.1. The molecule has 0 unspecified atom stereocenters. The molecule has 8 aromatic rings. The Hall–Kier alpha value is -6.56. The van der Waals surface area contributed by atoms with Gasteiger partial charge in [-0.05, 0) is 66.7 Å². The molecular weight excluding hydrogens is 626 g/mol. The third-order valence-corrected chi connectivity index (χ3v) is 8.99. The van der Waals surface area contributed by atoms with Crippen LogP contribution in [-0.4, -0.2) is 55.4 Å². The molecule has 12 nitrogen and oxygen atoms in total. The van der Waals surface area contributed by atoms with Crippen molar-refractivity contribution < 1.29 is 0 Å². The van der Waals surface area contributed by atoms with Crippen LogP contribution in [0.3, 0.4) is 0 Å². The lowest BCUT2D eigenvalue weighted by atomic mass is 9.98. The van der Waals surface area contributed by atoms with Gasteiger partial charge in [-0.3, -0.25) is 4.79 Å². The third-order valence-electron chi connectivity index (χ3n) is 8.99. The minimum Gasteiger partial charge on any atom is -0.323 e. The van der Waals surface area contributed by atoms with Crippen LogP contribution < -0.4 is 5.56 Å². The van der Waals surface area contributed by atoms with Crippen molar-refractivity contribution in [2.75, 3.05) is 0 Å². The number of imidazole rings is 1. The second-order valence-corrected chi connectivity index (χ2v) is 12.2. The van der Waals surface area contributed by atoms with E-state index in [2.05, 4.69) is 107 Å². The largest absolute Gasteiger partial charge is 0.323 e. The molecule has 2 N–H and O–H groups in total. The number of rotatable bonds is 11. The number of hydrogen-bond acceptors (Lipinski definition) is 8. The van der Waals surface area contributed by atoms with Crippen molar-refractivity contribution in [3.05, 3.63) is 137 Å². The fraction of sp³-hybridized carbons (Fsp3) is 0.158. The summed E-state index contributed by atoms with van der Waals surface area (Å²) in [7, 11) is 0. The Bertz CT molecular complexity index is 2430. The molecule has 246 valence electrons. The Balaban J connectivity index is 1.06. The molecule has 0 aliphatic rings. The number of aryl methyl sites for hydroxylation is 1. The zero-order chi connectivity index (χ0) is 33.9. The first-order valence-electron chi connectivity index (χ1n) is 16.6. The summed E-state index contributed by atoms with van der Waals surface area (Å²) < 4.78 is 3.93. The molecule has 50 heavy (non-hydrogen) atoms. The lowest BCUT2D eigenvalue weighted by molar-refractivity contribution is 0.690. The highest BCUT2D eigenvalue weighted by molar-refractivity contribution is 5.81. The summed E-state index contributed by atoms with van der Waals surface area (Å²) in [6.07, 6.45) is 4.71. The molecule has 0 saturated carbocycles. The van der Waals surface area contributed by atoms with Gasteiger partial charge in [-0.25, -0.2) is 15.2 Å². The maximum atomic E-state index is 13.9. The Kier molecular flexibility index (Phi) is 8.31. The highest BCUT2D eigenvalue weighted by Crippen LogP contribution is 2.31. The molecule has 0 bridgehead atoms. The summed E-state index contributed by atoms with van der Waals surface area (Å²) in [6.45, 7) is 3.22. The van der Waals surface area contributed by atoms with Gasteiger partial charge in [-0.1, -0.05) is 110 Å². The smallest absolute Gasteiger partial charge is 0.278 e. The molecule has 0 aliphatic carbocycles. The number of H-pyrrole nitrogens is 2. The summed E-state index contributed by atoms with van der Waals surface area (Å²) in [6, 6.07) is 34.8. The Morgan fingerprint density at radius 3 is 1.70 bits per heavy atom. The number of nitrogens with one attached hydrogen (secondary N) is 2. The summed E-state index contributed by atoms with van der Waals surface area (Å²) in [5.74, 6) is 2.16. The van der Waals surface area contributed by atoms with Crippen molar-refractivity contribution >= 4 is 11.0 Å². The van der Waals surface area contributed by atoms with E-state index in [-0.39, 0.29) is 5.56 Å². The minimum atomic E-state index is -0.0971.